The van der Waals surface area contributed by atoms with Crippen molar-refractivity contribution in [3.05, 3.63) is 48.0 Å². The molecule has 0 spiro atoms. The van der Waals surface area contributed by atoms with Crippen LogP contribution in [0.5, 0.6) is 0 Å². The number of rotatable bonds is 2. The number of imidazole rings is 1. The van der Waals surface area contributed by atoms with Crippen LogP contribution >= 0.6 is 0 Å². The highest BCUT2D eigenvalue weighted by Gasteiger charge is 2.10. The SMILES string of the molecule is COC(=O)c1ccc(NC(=O)n2ccnc2)c(C)c1. The second-order valence-corrected chi connectivity index (χ2v) is 3.92. The first-order valence-electron chi connectivity index (χ1n) is 5.60. The first-order chi connectivity index (χ1) is 9.11. The number of nitrogens with zero attached hydrogens (tertiary/aromatic N) is 2. The molecule has 1 aromatic heterocycles. The number of ether oxygens (including phenoxy) is 1. The summed E-state index contributed by atoms with van der Waals surface area (Å²) in [5.74, 6) is -0.407. The minimum absolute atomic E-state index is 0.314. The minimum Gasteiger partial charge on any atom is -0.465 e. The van der Waals surface area contributed by atoms with Gasteiger partial charge in [-0.15, -0.1) is 0 Å². The monoisotopic (exact) mass is 259 g/mol. The van der Waals surface area contributed by atoms with Crippen molar-refractivity contribution in [3.63, 3.8) is 0 Å². The van der Waals surface area contributed by atoms with E-state index in [9.17, 15) is 9.59 Å². The Balaban J connectivity index is 2.18. The predicted molar refractivity (Wildman–Crippen MR) is 69.2 cm³/mol. The van der Waals surface area contributed by atoms with Crippen LogP contribution < -0.4 is 5.32 Å². The van der Waals surface area contributed by atoms with Gasteiger partial charge in [0.25, 0.3) is 0 Å². The average Bonchev–Trinajstić information content (AvgIpc) is 2.94. The third kappa shape index (κ3) is 2.79. The molecule has 0 atom stereocenters. The smallest absolute Gasteiger partial charge is 0.337 e. The molecule has 0 radical (unpaired) electrons. The van der Waals surface area contributed by atoms with Gasteiger partial charge in [0.15, 0.2) is 0 Å². The van der Waals surface area contributed by atoms with Crippen molar-refractivity contribution in [2.75, 3.05) is 12.4 Å². The molecule has 0 aliphatic rings. The number of carbonyl (C=O) groups excluding carboxylic acids is 2. The van der Waals surface area contributed by atoms with Crippen molar-refractivity contribution in [1.82, 2.24) is 9.55 Å². The van der Waals surface area contributed by atoms with Crippen molar-refractivity contribution in [1.29, 1.82) is 0 Å². The first kappa shape index (κ1) is 12.8. The summed E-state index contributed by atoms with van der Waals surface area (Å²) in [6.07, 6.45) is 4.48. The summed E-state index contributed by atoms with van der Waals surface area (Å²) in [6.45, 7) is 1.80. The number of methoxy groups -OCH3 is 1. The molecule has 0 unspecified atom stereocenters. The quantitative estimate of drug-likeness (QED) is 0.838. The van der Waals surface area contributed by atoms with Gasteiger partial charge in [-0.3, -0.25) is 4.57 Å². The molecule has 19 heavy (non-hydrogen) atoms. The number of aryl methyl sites for hydroxylation is 1. The highest BCUT2D eigenvalue weighted by atomic mass is 16.5. The van der Waals surface area contributed by atoms with Gasteiger partial charge in [-0.2, -0.15) is 0 Å². The summed E-state index contributed by atoms with van der Waals surface area (Å²) in [7, 11) is 1.33. The Hall–Kier alpha value is -2.63. The fourth-order valence-corrected chi connectivity index (χ4v) is 1.61. The number of hydrogen-bond acceptors (Lipinski definition) is 4. The molecule has 2 aromatic rings. The van der Waals surface area contributed by atoms with E-state index >= 15 is 0 Å². The third-order valence-corrected chi connectivity index (χ3v) is 2.63. The fourth-order valence-electron chi connectivity index (χ4n) is 1.61. The zero-order valence-corrected chi connectivity index (χ0v) is 10.6. The van der Waals surface area contributed by atoms with E-state index in [0.717, 1.165) is 5.56 Å². The molecule has 0 aliphatic carbocycles. The lowest BCUT2D eigenvalue weighted by atomic mass is 10.1. The van der Waals surface area contributed by atoms with Crippen LogP contribution in [0.3, 0.4) is 0 Å². The molecule has 0 bridgehead atoms. The number of carbonyl (C=O) groups is 2. The zero-order valence-electron chi connectivity index (χ0n) is 10.6. The van der Waals surface area contributed by atoms with Gasteiger partial charge in [-0.05, 0) is 30.7 Å². The Bertz CT molecular complexity index is 606. The molecular weight excluding hydrogens is 246 g/mol. The Kier molecular flexibility index (Phi) is 3.61. The molecule has 1 aromatic carbocycles. The highest BCUT2D eigenvalue weighted by Crippen LogP contribution is 2.17. The van der Waals surface area contributed by atoms with Gasteiger partial charge in [0, 0.05) is 18.1 Å². The number of hydrogen-bond donors (Lipinski definition) is 1. The van der Waals surface area contributed by atoms with E-state index in [4.69, 9.17) is 0 Å². The van der Waals surface area contributed by atoms with E-state index < -0.39 is 5.97 Å². The van der Waals surface area contributed by atoms with Crippen LogP contribution in [0, 0.1) is 6.92 Å². The molecule has 2 rings (SSSR count). The van der Waals surface area contributed by atoms with Crippen LogP contribution in [-0.2, 0) is 4.74 Å². The largest absolute Gasteiger partial charge is 0.465 e. The number of anilines is 1. The van der Waals surface area contributed by atoms with Gasteiger partial charge < -0.3 is 10.1 Å². The van der Waals surface area contributed by atoms with Crippen LogP contribution in [-0.4, -0.2) is 28.7 Å². The molecule has 0 aliphatic heterocycles. The van der Waals surface area contributed by atoms with Crippen molar-refractivity contribution >= 4 is 17.7 Å². The second-order valence-electron chi connectivity index (χ2n) is 3.92. The topological polar surface area (TPSA) is 73.2 Å². The van der Waals surface area contributed by atoms with E-state index in [1.54, 1.807) is 31.3 Å². The van der Waals surface area contributed by atoms with Crippen molar-refractivity contribution < 1.29 is 14.3 Å². The lowest BCUT2D eigenvalue weighted by Crippen LogP contribution is -2.18. The molecular formula is C13H13N3O3. The molecule has 98 valence electrons. The van der Waals surface area contributed by atoms with Crippen LogP contribution in [0.4, 0.5) is 10.5 Å². The third-order valence-electron chi connectivity index (χ3n) is 2.63. The Labute approximate surface area is 110 Å². The van der Waals surface area contributed by atoms with Gasteiger partial charge in [0.05, 0.1) is 12.7 Å². The molecule has 1 heterocycles. The van der Waals surface area contributed by atoms with Crippen molar-refractivity contribution in [2.24, 2.45) is 0 Å². The molecule has 0 saturated heterocycles. The van der Waals surface area contributed by atoms with E-state index in [0.29, 0.717) is 11.3 Å². The second kappa shape index (κ2) is 5.34. The Morgan fingerprint density at radius 2 is 2.16 bits per heavy atom. The Morgan fingerprint density at radius 3 is 2.74 bits per heavy atom. The zero-order chi connectivity index (χ0) is 13.8. The summed E-state index contributed by atoms with van der Waals surface area (Å²) >= 11 is 0. The standard InChI is InChI=1S/C13H13N3O3/c1-9-7-10(12(17)19-2)3-4-11(9)15-13(18)16-6-5-14-8-16/h3-8H,1-2H3,(H,15,18). The maximum absolute atomic E-state index is 11.8. The Morgan fingerprint density at radius 1 is 1.37 bits per heavy atom. The summed E-state index contributed by atoms with van der Waals surface area (Å²) in [5, 5.41) is 2.73. The van der Waals surface area contributed by atoms with Crippen LogP contribution in [0.25, 0.3) is 0 Å². The number of amides is 1. The summed E-state index contributed by atoms with van der Waals surface area (Å²) in [5.41, 5.74) is 1.85. The number of aromatic nitrogens is 2. The van der Waals surface area contributed by atoms with Gasteiger partial charge >= 0.3 is 12.0 Å². The molecule has 6 nitrogen and oxygen atoms in total. The summed E-state index contributed by atoms with van der Waals surface area (Å²) in [4.78, 5) is 27.0. The summed E-state index contributed by atoms with van der Waals surface area (Å²) < 4.78 is 5.96. The lowest BCUT2D eigenvalue weighted by Gasteiger charge is -2.09. The number of esters is 1. The van der Waals surface area contributed by atoms with Gasteiger partial charge in [-0.1, -0.05) is 0 Å². The predicted octanol–water partition coefficient (Wildman–Crippen LogP) is 2.06. The lowest BCUT2D eigenvalue weighted by molar-refractivity contribution is 0.0600. The highest BCUT2D eigenvalue weighted by molar-refractivity contribution is 5.94. The van der Waals surface area contributed by atoms with E-state index in [-0.39, 0.29) is 6.03 Å². The van der Waals surface area contributed by atoms with Crippen LogP contribution in [0.1, 0.15) is 15.9 Å². The fraction of sp³-hybridized carbons (Fsp3) is 0.154. The molecule has 0 saturated carbocycles. The molecule has 6 heteroatoms. The number of benzene rings is 1. The van der Waals surface area contributed by atoms with Gasteiger partial charge in [0.2, 0.25) is 0 Å². The number of nitrogens with one attached hydrogen (secondary N) is 1. The molecule has 0 fully saturated rings. The summed E-state index contributed by atoms with van der Waals surface area (Å²) in [6, 6.07) is 4.61. The average molecular weight is 259 g/mol. The minimum atomic E-state index is -0.407. The maximum atomic E-state index is 11.8. The van der Waals surface area contributed by atoms with E-state index in [1.165, 1.54) is 24.2 Å². The van der Waals surface area contributed by atoms with Gasteiger partial charge in [0.1, 0.15) is 6.33 Å². The molecule has 1 N–H and O–H groups in total. The molecule has 1 amide bonds. The van der Waals surface area contributed by atoms with Crippen molar-refractivity contribution in [2.45, 2.75) is 6.92 Å². The van der Waals surface area contributed by atoms with Crippen molar-refractivity contribution in [3.8, 4) is 0 Å². The first-order valence-corrected chi connectivity index (χ1v) is 5.60. The van der Waals surface area contributed by atoms with Gasteiger partial charge in [-0.25, -0.2) is 14.6 Å². The van der Waals surface area contributed by atoms with E-state index in [2.05, 4.69) is 15.0 Å². The maximum Gasteiger partial charge on any atom is 0.337 e. The van der Waals surface area contributed by atoms with E-state index in [1.807, 2.05) is 0 Å². The normalized spacial score (nSPS) is 10.0. The van der Waals surface area contributed by atoms with Crippen LogP contribution in [0.2, 0.25) is 0 Å². The van der Waals surface area contributed by atoms with Crippen LogP contribution in [0.15, 0.2) is 36.9 Å².